The van der Waals surface area contributed by atoms with Crippen LogP contribution < -0.4 is 0 Å². The number of halogens is 3. The van der Waals surface area contributed by atoms with Gasteiger partial charge in [0.2, 0.25) is 0 Å². The van der Waals surface area contributed by atoms with Crippen LogP contribution >= 0.6 is 0 Å². The number of benzene rings is 1. The number of alkyl halides is 3. The molecule has 0 aromatic heterocycles. The van der Waals surface area contributed by atoms with Gasteiger partial charge in [-0.2, -0.15) is 13.2 Å². The molecule has 0 unspecified atom stereocenters. The summed E-state index contributed by atoms with van der Waals surface area (Å²) < 4.78 is 46.6. The zero-order valence-electron chi connectivity index (χ0n) is 9.41. The molecule has 3 nitrogen and oxygen atoms in total. The summed E-state index contributed by atoms with van der Waals surface area (Å²) in [5, 5.41) is 0. The summed E-state index contributed by atoms with van der Waals surface area (Å²) in [7, 11) is -0.672. The third kappa shape index (κ3) is 3.81. The van der Waals surface area contributed by atoms with Crippen molar-refractivity contribution in [1.82, 2.24) is 0 Å². The SMILES string of the molecule is CO[Si](O)(Cc1ccc(C(F)(F)F)cc1)OC. The van der Waals surface area contributed by atoms with Crippen molar-refractivity contribution in [1.29, 1.82) is 0 Å². The molecule has 1 aromatic rings. The van der Waals surface area contributed by atoms with Gasteiger partial charge in [-0.15, -0.1) is 0 Å². The zero-order chi connectivity index (χ0) is 13.1. The Labute approximate surface area is 98.2 Å². The summed E-state index contributed by atoms with van der Waals surface area (Å²) in [6, 6.07) is 4.63. The van der Waals surface area contributed by atoms with Crippen LogP contribution in [-0.2, 0) is 21.1 Å². The minimum Gasteiger partial charge on any atom is -0.390 e. The van der Waals surface area contributed by atoms with Crippen molar-refractivity contribution in [3.63, 3.8) is 0 Å². The Kier molecular flexibility index (Phi) is 4.31. The maximum Gasteiger partial charge on any atom is 0.502 e. The van der Waals surface area contributed by atoms with Crippen molar-refractivity contribution in [2.45, 2.75) is 12.2 Å². The zero-order valence-corrected chi connectivity index (χ0v) is 10.4. The van der Waals surface area contributed by atoms with E-state index < -0.39 is 20.5 Å². The average molecular weight is 266 g/mol. The predicted octanol–water partition coefficient (Wildman–Crippen LogP) is 2.01. The standard InChI is InChI=1S/C10H13F3O3Si/c1-15-17(14,16-2)7-8-3-5-9(6-4-8)10(11,12)13/h3-6,14H,7H2,1-2H3. The quantitative estimate of drug-likeness (QED) is 0.847. The van der Waals surface area contributed by atoms with Gasteiger partial charge in [0.15, 0.2) is 0 Å². The molecule has 1 N–H and O–H groups in total. The Morgan fingerprint density at radius 2 is 1.59 bits per heavy atom. The molecule has 0 aliphatic carbocycles. The van der Waals surface area contributed by atoms with Crippen molar-refractivity contribution in [2.24, 2.45) is 0 Å². The van der Waals surface area contributed by atoms with Crippen LogP contribution in [0.5, 0.6) is 0 Å². The molecule has 7 heteroatoms. The van der Waals surface area contributed by atoms with Crippen LogP contribution in [0.4, 0.5) is 13.2 Å². The van der Waals surface area contributed by atoms with Crippen molar-refractivity contribution in [3.8, 4) is 0 Å². The van der Waals surface area contributed by atoms with E-state index in [9.17, 15) is 18.0 Å². The van der Waals surface area contributed by atoms with E-state index in [1.54, 1.807) is 0 Å². The lowest BCUT2D eigenvalue weighted by atomic mass is 10.1. The van der Waals surface area contributed by atoms with Gasteiger partial charge in [-0.3, -0.25) is 0 Å². The second-order valence-corrected chi connectivity index (χ2v) is 6.09. The molecule has 0 saturated heterocycles. The number of hydrogen-bond donors (Lipinski definition) is 1. The van der Waals surface area contributed by atoms with Gasteiger partial charge in [0.1, 0.15) is 0 Å². The lowest BCUT2D eigenvalue weighted by molar-refractivity contribution is -0.137. The molecular formula is C10H13F3O3Si. The predicted molar refractivity (Wildman–Crippen MR) is 57.1 cm³/mol. The van der Waals surface area contributed by atoms with Gasteiger partial charge in [-0.25, -0.2) is 0 Å². The van der Waals surface area contributed by atoms with E-state index in [-0.39, 0.29) is 6.04 Å². The van der Waals surface area contributed by atoms with Gasteiger partial charge in [0, 0.05) is 20.3 Å². The van der Waals surface area contributed by atoms with Gasteiger partial charge in [-0.05, 0) is 17.7 Å². The van der Waals surface area contributed by atoms with E-state index in [2.05, 4.69) is 0 Å². The summed E-state index contributed by atoms with van der Waals surface area (Å²) in [4.78, 5) is 9.78. The van der Waals surface area contributed by atoms with Crippen LogP contribution in [0.1, 0.15) is 11.1 Å². The van der Waals surface area contributed by atoms with E-state index >= 15 is 0 Å². The molecule has 0 bridgehead atoms. The molecule has 17 heavy (non-hydrogen) atoms. The Morgan fingerprint density at radius 3 is 1.94 bits per heavy atom. The molecule has 1 aromatic carbocycles. The first kappa shape index (κ1) is 14.2. The maximum atomic E-state index is 12.3. The van der Waals surface area contributed by atoms with Crippen LogP contribution in [0, 0.1) is 0 Å². The summed E-state index contributed by atoms with van der Waals surface area (Å²) in [6.07, 6.45) is -4.35. The largest absolute Gasteiger partial charge is 0.502 e. The molecule has 96 valence electrons. The highest BCUT2D eigenvalue weighted by Gasteiger charge is 2.35. The van der Waals surface area contributed by atoms with Crippen LogP contribution in [0.3, 0.4) is 0 Å². The fourth-order valence-electron chi connectivity index (χ4n) is 1.30. The Balaban J connectivity index is 2.82. The van der Waals surface area contributed by atoms with E-state index in [0.29, 0.717) is 5.56 Å². The van der Waals surface area contributed by atoms with Gasteiger partial charge < -0.3 is 13.6 Å². The van der Waals surface area contributed by atoms with Gasteiger partial charge in [-0.1, -0.05) is 12.1 Å². The Bertz CT molecular complexity index is 360. The second kappa shape index (κ2) is 5.17. The third-order valence-electron chi connectivity index (χ3n) is 2.35. The lowest BCUT2D eigenvalue weighted by Gasteiger charge is -2.19. The third-order valence-corrected chi connectivity index (χ3v) is 4.48. The Morgan fingerprint density at radius 1 is 1.12 bits per heavy atom. The summed E-state index contributed by atoms with van der Waals surface area (Å²) in [5.41, 5.74) is -0.183. The first-order valence-electron chi connectivity index (χ1n) is 4.79. The first-order chi connectivity index (χ1) is 7.80. The van der Waals surface area contributed by atoms with E-state index in [4.69, 9.17) is 8.85 Å². The minimum atomic E-state index is -4.35. The van der Waals surface area contributed by atoms with Crippen LogP contribution in [-0.4, -0.2) is 27.8 Å². The molecule has 0 spiro atoms. The van der Waals surface area contributed by atoms with Crippen molar-refractivity contribution in [2.75, 3.05) is 14.2 Å². The molecule has 0 amide bonds. The van der Waals surface area contributed by atoms with Crippen molar-refractivity contribution >= 4 is 8.80 Å². The smallest absolute Gasteiger partial charge is 0.390 e. The second-order valence-electron chi connectivity index (χ2n) is 3.49. The van der Waals surface area contributed by atoms with Gasteiger partial charge in [0.05, 0.1) is 5.56 Å². The molecule has 0 saturated carbocycles. The first-order valence-corrected chi connectivity index (χ1v) is 6.76. The van der Waals surface area contributed by atoms with E-state index in [0.717, 1.165) is 12.1 Å². The monoisotopic (exact) mass is 266 g/mol. The van der Waals surface area contributed by atoms with Crippen LogP contribution in [0.2, 0.25) is 0 Å². The molecule has 0 aliphatic heterocycles. The fraction of sp³-hybridized carbons (Fsp3) is 0.400. The minimum absolute atomic E-state index is 0.0815. The van der Waals surface area contributed by atoms with E-state index in [1.165, 1.54) is 26.4 Å². The molecular weight excluding hydrogens is 253 g/mol. The molecule has 0 radical (unpaired) electrons. The highest BCUT2D eigenvalue weighted by molar-refractivity contribution is 6.58. The lowest BCUT2D eigenvalue weighted by Crippen LogP contribution is -2.43. The van der Waals surface area contributed by atoms with Crippen molar-refractivity contribution < 1.29 is 26.8 Å². The maximum absolute atomic E-state index is 12.3. The number of hydrogen-bond acceptors (Lipinski definition) is 3. The summed E-state index contributed by atoms with van der Waals surface area (Å²) in [5.74, 6) is 0. The normalized spacial score (nSPS) is 12.8. The highest BCUT2D eigenvalue weighted by Crippen LogP contribution is 2.29. The summed E-state index contributed by atoms with van der Waals surface area (Å²) in [6.45, 7) is 0. The van der Waals surface area contributed by atoms with E-state index in [1.807, 2.05) is 0 Å². The average Bonchev–Trinajstić information content (AvgIpc) is 2.28. The Hall–Kier alpha value is -0.893. The molecule has 0 heterocycles. The highest BCUT2D eigenvalue weighted by atomic mass is 28.4. The molecule has 1 rings (SSSR count). The van der Waals surface area contributed by atoms with Gasteiger partial charge in [0.25, 0.3) is 0 Å². The van der Waals surface area contributed by atoms with Crippen LogP contribution in [0.15, 0.2) is 24.3 Å². The van der Waals surface area contributed by atoms with Crippen LogP contribution in [0.25, 0.3) is 0 Å². The van der Waals surface area contributed by atoms with Crippen molar-refractivity contribution in [3.05, 3.63) is 35.4 Å². The number of rotatable bonds is 4. The molecule has 0 atom stereocenters. The fourth-order valence-corrected chi connectivity index (χ4v) is 2.50. The summed E-state index contributed by atoms with van der Waals surface area (Å²) >= 11 is 0. The topological polar surface area (TPSA) is 38.7 Å². The van der Waals surface area contributed by atoms with Gasteiger partial charge >= 0.3 is 15.0 Å². The molecule has 0 fully saturated rings. The molecule has 0 aliphatic rings.